The molecule has 0 bridgehead atoms. The van der Waals surface area contributed by atoms with E-state index in [1.165, 1.54) is 0 Å². The Bertz CT molecular complexity index is 605. The van der Waals surface area contributed by atoms with Crippen LogP contribution < -0.4 is 5.32 Å². The average molecular weight is 297 g/mol. The molecule has 2 aromatic rings. The molecule has 114 valence electrons. The van der Waals surface area contributed by atoms with E-state index >= 15 is 0 Å². The van der Waals surface area contributed by atoms with Crippen LogP contribution in [0.3, 0.4) is 0 Å². The summed E-state index contributed by atoms with van der Waals surface area (Å²) in [5.74, 6) is -1.23. The molecule has 21 heavy (non-hydrogen) atoms. The second kappa shape index (κ2) is 5.72. The fraction of sp³-hybridized carbons (Fsp3) is 0.500. The summed E-state index contributed by atoms with van der Waals surface area (Å²) in [7, 11) is 0. The third-order valence-electron chi connectivity index (χ3n) is 4.30. The van der Waals surface area contributed by atoms with Gasteiger partial charge in [0.05, 0.1) is 12.2 Å². The lowest BCUT2D eigenvalue weighted by Crippen LogP contribution is -2.45. The Morgan fingerprint density at radius 3 is 2.71 bits per heavy atom. The molecule has 1 aliphatic carbocycles. The minimum atomic E-state index is -4.11. The number of halogens is 3. The van der Waals surface area contributed by atoms with Gasteiger partial charge in [0.15, 0.2) is 0 Å². The molecule has 0 saturated heterocycles. The predicted molar refractivity (Wildman–Crippen MR) is 74.9 cm³/mol. The van der Waals surface area contributed by atoms with E-state index < -0.39 is 18.1 Å². The van der Waals surface area contributed by atoms with Gasteiger partial charge < -0.3 is 9.73 Å². The minimum Gasteiger partial charge on any atom is -0.464 e. The van der Waals surface area contributed by atoms with Gasteiger partial charge in [-0.3, -0.25) is 0 Å². The molecular formula is C16H18F3NO. The normalized spacial score (nSPS) is 23.6. The van der Waals surface area contributed by atoms with Gasteiger partial charge in [-0.1, -0.05) is 31.0 Å². The van der Waals surface area contributed by atoms with E-state index in [0.29, 0.717) is 19.4 Å². The minimum absolute atomic E-state index is 0.229. The number of para-hydroxylation sites is 1. The maximum atomic E-state index is 13.1. The lowest BCUT2D eigenvalue weighted by molar-refractivity contribution is -0.189. The highest BCUT2D eigenvalue weighted by Crippen LogP contribution is 2.38. The van der Waals surface area contributed by atoms with Crippen molar-refractivity contribution in [2.45, 2.75) is 44.4 Å². The van der Waals surface area contributed by atoms with Gasteiger partial charge in [-0.05, 0) is 18.9 Å². The standard InChI is InChI=1S/C16H18F3NO/c17-16(18,19)13-6-2-3-7-14(13)20-9-11-10-21-15-8-4-1-5-12(11)15/h1,4-5,8,10,13-14,20H,2-3,6-7,9H2. The van der Waals surface area contributed by atoms with E-state index in [1.54, 1.807) is 6.26 Å². The monoisotopic (exact) mass is 297 g/mol. The molecule has 1 N–H and O–H groups in total. The van der Waals surface area contributed by atoms with Gasteiger partial charge in [0.1, 0.15) is 5.58 Å². The first-order valence-corrected chi connectivity index (χ1v) is 7.31. The quantitative estimate of drug-likeness (QED) is 0.892. The van der Waals surface area contributed by atoms with Crippen LogP contribution in [-0.4, -0.2) is 12.2 Å². The van der Waals surface area contributed by atoms with E-state index in [0.717, 1.165) is 23.0 Å². The number of hydrogen-bond donors (Lipinski definition) is 1. The third kappa shape index (κ3) is 3.07. The molecule has 1 aromatic carbocycles. The van der Waals surface area contributed by atoms with Crippen LogP contribution >= 0.6 is 0 Å². The largest absolute Gasteiger partial charge is 0.464 e. The van der Waals surface area contributed by atoms with Crippen LogP contribution in [0, 0.1) is 5.92 Å². The third-order valence-corrected chi connectivity index (χ3v) is 4.30. The first kappa shape index (κ1) is 14.4. The molecule has 3 rings (SSSR count). The Morgan fingerprint density at radius 1 is 1.14 bits per heavy atom. The summed E-state index contributed by atoms with van der Waals surface area (Å²) in [6, 6.07) is 7.08. The van der Waals surface area contributed by atoms with Crippen LogP contribution in [0.1, 0.15) is 31.2 Å². The molecule has 0 radical (unpaired) electrons. The Hall–Kier alpha value is -1.49. The molecule has 2 nitrogen and oxygen atoms in total. The fourth-order valence-electron chi connectivity index (χ4n) is 3.18. The van der Waals surface area contributed by atoms with Crippen molar-refractivity contribution in [3.8, 4) is 0 Å². The summed E-state index contributed by atoms with van der Waals surface area (Å²) >= 11 is 0. The maximum absolute atomic E-state index is 13.1. The van der Waals surface area contributed by atoms with E-state index in [4.69, 9.17) is 4.42 Å². The smallest absolute Gasteiger partial charge is 0.393 e. The Labute approximate surface area is 121 Å². The van der Waals surface area contributed by atoms with Crippen molar-refractivity contribution < 1.29 is 17.6 Å². The molecule has 1 fully saturated rings. The topological polar surface area (TPSA) is 25.2 Å². The number of rotatable bonds is 3. The van der Waals surface area contributed by atoms with Crippen LogP contribution in [0.25, 0.3) is 11.0 Å². The highest BCUT2D eigenvalue weighted by molar-refractivity contribution is 5.80. The van der Waals surface area contributed by atoms with E-state index in [2.05, 4.69) is 5.32 Å². The van der Waals surface area contributed by atoms with Crippen molar-refractivity contribution >= 4 is 11.0 Å². The summed E-state index contributed by atoms with van der Waals surface area (Å²) in [5.41, 5.74) is 1.68. The number of nitrogens with one attached hydrogen (secondary N) is 1. The molecule has 5 heteroatoms. The van der Waals surface area contributed by atoms with Crippen molar-refractivity contribution in [2.24, 2.45) is 5.92 Å². The number of fused-ring (bicyclic) bond motifs is 1. The first-order valence-electron chi connectivity index (χ1n) is 7.31. The lowest BCUT2D eigenvalue weighted by atomic mass is 9.84. The van der Waals surface area contributed by atoms with Crippen molar-refractivity contribution in [1.29, 1.82) is 0 Å². The molecule has 1 aromatic heterocycles. The molecule has 1 saturated carbocycles. The second-order valence-electron chi connectivity index (χ2n) is 5.68. The number of benzene rings is 1. The summed E-state index contributed by atoms with van der Waals surface area (Å²) in [6.45, 7) is 0.411. The molecule has 1 aliphatic rings. The molecular weight excluding hydrogens is 279 g/mol. The van der Waals surface area contributed by atoms with Crippen LogP contribution in [0.4, 0.5) is 13.2 Å². The zero-order chi connectivity index (χ0) is 14.9. The fourth-order valence-corrected chi connectivity index (χ4v) is 3.18. The van der Waals surface area contributed by atoms with Crippen LogP contribution in [0.15, 0.2) is 34.9 Å². The van der Waals surface area contributed by atoms with Crippen LogP contribution in [-0.2, 0) is 6.54 Å². The number of hydrogen-bond acceptors (Lipinski definition) is 2. The summed E-state index contributed by atoms with van der Waals surface area (Å²) < 4.78 is 44.6. The van der Waals surface area contributed by atoms with Crippen LogP contribution in [0.2, 0.25) is 0 Å². The SMILES string of the molecule is FC(F)(F)C1CCCCC1NCc1coc2ccccc12. The van der Waals surface area contributed by atoms with Gasteiger partial charge in [0, 0.05) is 23.5 Å². The summed E-state index contributed by atoms with van der Waals surface area (Å²) in [6.07, 6.45) is -0.153. The van der Waals surface area contributed by atoms with Gasteiger partial charge in [-0.2, -0.15) is 13.2 Å². The summed E-state index contributed by atoms with van der Waals surface area (Å²) in [5, 5.41) is 4.06. The van der Waals surface area contributed by atoms with E-state index in [9.17, 15) is 13.2 Å². The van der Waals surface area contributed by atoms with E-state index in [1.807, 2.05) is 24.3 Å². The average Bonchev–Trinajstić information content (AvgIpc) is 2.88. The highest BCUT2D eigenvalue weighted by Gasteiger charge is 2.45. The molecule has 0 aliphatic heterocycles. The van der Waals surface area contributed by atoms with Gasteiger partial charge in [-0.15, -0.1) is 0 Å². The van der Waals surface area contributed by atoms with Gasteiger partial charge >= 0.3 is 6.18 Å². The lowest BCUT2D eigenvalue weighted by Gasteiger charge is -2.33. The van der Waals surface area contributed by atoms with E-state index in [-0.39, 0.29) is 6.42 Å². The first-order chi connectivity index (χ1) is 10.1. The Morgan fingerprint density at radius 2 is 1.90 bits per heavy atom. The van der Waals surface area contributed by atoms with Crippen molar-refractivity contribution in [2.75, 3.05) is 0 Å². The van der Waals surface area contributed by atoms with Crippen molar-refractivity contribution in [3.05, 3.63) is 36.1 Å². The molecule has 0 spiro atoms. The molecule has 1 heterocycles. The maximum Gasteiger partial charge on any atom is 0.393 e. The van der Waals surface area contributed by atoms with Gasteiger partial charge in [0.2, 0.25) is 0 Å². The number of furan rings is 1. The highest BCUT2D eigenvalue weighted by atomic mass is 19.4. The predicted octanol–water partition coefficient (Wildman–Crippen LogP) is 4.64. The Balaban J connectivity index is 1.71. The second-order valence-corrected chi connectivity index (χ2v) is 5.68. The van der Waals surface area contributed by atoms with Gasteiger partial charge in [-0.25, -0.2) is 0 Å². The molecule has 2 atom stereocenters. The van der Waals surface area contributed by atoms with Crippen LogP contribution in [0.5, 0.6) is 0 Å². The number of alkyl halides is 3. The molecule has 2 unspecified atom stereocenters. The van der Waals surface area contributed by atoms with Crippen molar-refractivity contribution in [3.63, 3.8) is 0 Å². The zero-order valence-corrected chi connectivity index (χ0v) is 11.6. The molecule has 0 amide bonds. The summed E-state index contributed by atoms with van der Waals surface area (Å²) in [4.78, 5) is 0. The Kier molecular flexibility index (Phi) is 3.93. The zero-order valence-electron chi connectivity index (χ0n) is 11.6. The van der Waals surface area contributed by atoms with Gasteiger partial charge in [0.25, 0.3) is 0 Å². The van der Waals surface area contributed by atoms with Crippen molar-refractivity contribution in [1.82, 2.24) is 5.32 Å².